The Morgan fingerprint density at radius 3 is 2.78 bits per heavy atom. The SMILES string of the molecule is CC(C)n1cc(CNc2cc(Br)ccc2Br)cn1. The minimum Gasteiger partial charge on any atom is -0.380 e. The van der Waals surface area contributed by atoms with Crippen LogP contribution in [0.1, 0.15) is 25.5 Å². The van der Waals surface area contributed by atoms with E-state index in [0.29, 0.717) is 6.04 Å². The summed E-state index contributed by atoms with van der Waals surface area (Å²) in [6.45, 7) is 5.01. The Labute approximate surface area is 124 Å². The molecule has 0 fully saturated rings. The Kier molecular flexibility index (Phi) is 4.45. The van der Waals surface area contributed by atoms with Crippen molar-refractivity contribution in [1.82, 2.24) is 9.78 Å². The zero-order valence-electron chi connectivity index (χ0n) is 10.3. The van der Waals surface area contributed by atoms with Gasteiger partial charge in [0.05, 0.1) is 6.20 Å². The molecule has 2 aromatic rings. The molecule has 0 atom stereocenters. The molecule has 0 unspecified atom stereocenters. The minimum atomic E-state index is 0.399. The molecule has 0 spiro atoms. The molecule has 96 valence electrons. The van der Waals surface area contributed by atoms with E-state index >= 15 is 0 Å². The van der Waals surface area contributed by atoms with E-state index in [9.17, 15) is 0 Å². The first-order valence-electron chi connectivity index (χ1n) is 5.78. The van der Waals surface area contributed by atoms with Gasteiger partial charge >= 0.3 is 0 Å². The summed E-state index contributed by atoms with van der Waals surface area (Å²) in [5, 5.41) is 7.72. The zero-order valence-corrected chi connectivity index (χ0v) is 13.5. The van der Waals surface area contributed by atoms with E-state index in [1.54, 1.807) is 0 Å². The summed E-state index contributed by atoms with van der Waals surface area (Å²) in [7, 11) is 0. The van der Waals surface area contributed by atoms with Gasteiger partial charge in [0.2, 0.25) is 0 Å². The van der Waals surface area contributed by atoms with E-state index in [2.05, 4.69) is 68.4 Å². The van der Waals surface area contributed by atoms with Gasteiger partial charge in [-0.05, 0) is 48.0 Å². The van der Waals surface area contributed by atoms with Gasteiger partial charge in [0.25, 0.3) is 0 Å². The third-order valence-corrected chi connectivity index (χ3v) is 3.78. The molecule has 2 rings (SSSR count). The van der Waals surface area contributed by atoms with Crippen LogP contribution in [0.3, 0.4) is 0 Å². The second-order valence-corrected chi connectivity index (χ2v) is 6.17. The number of benzene rings is 1. The molecule has 0 saturated carbocycles. The van der Waals surface area contributed by atoms with E-state index in [-0.39, 0.29) is 0 Å². The third kappa shape index (κ3) is 3.36. The topological polar surface area (TPSA) is 29.9 Å². The molecular formula is C13H15Br2N3. The van der Waals surface area contributed by atoms with Crippen LogP contribution in [-0.2, 0) is 6.54 Å². The highest BCUT2D eigenvalue weighted by Crippen LogP contribution is 2.26. The van der Waals surface area contributed by atoms with Gasteiger partial charge in [-0.15, -0.1) is 0 Å². The Morgan fingerprint density at radius 2 is 2.11 bits per heavy atom. The molecule has 0 radical (unpaired) electrons. The first-order chi connectivity index (χ1) is 8.56. The van der Waals surface area contributed by atoms with Gasteiger partial charge in [-0.2, -0.15) is 5.10 Å². The van der Waals surface area contributed by atoms with Crippen LogP contribution in [0.25, 0.3) is 0 Å². The lowest BCUT2D eigenvalue weighted by Crippen LogP contribution is -2.01. The van der Waals surface area contributed by atoms with Gasteiger partial charge in [0.1, 0.15) is 0 Å². The van der Waals surface area contributed by atoms with Crippen LogP contribution in [0.4, 0.5) is 5.69 Å². The molecule has 0 saturated heterocycles. The van der Waals surface area contributed by atoms with Gasteiger partial charge < -0.3 is 5.32 Å². The van der Waals surface area contributed by atoms with Crippen molar-refractivity contribution in [2.45, 2.75) is 26.4 Å². The molecule has 0 amide bonds. The number of halogens is 2. The molecule has 3 nitrogen and oxygen atoms in total. The van der Waals surface area contributed by atoms with Crippen molar-refractivity contribution >= 4 is 37.5 Å². The monoisotopic (exact) mass is 371 g/mol. The summed E-state index contributed by atoms with van der Waals surface area (Å²) in [6, 6.07) is 6.48. The largest absolute Gasteiger partial charge is 0.380 e. The second-order valence-electron chi connectivity index (χ2n) is 4.40. The Hall–Kier alpha value is -0.810. The summed E-state index contributed by atoms with van der Waals surface area (Å²) in [5.74, 6) is 0. The average Bonchev–Trinajstić information content (AvgIpc) is 2.79. The highest BCUT2D eigenvalue weighted by atomic mass is 79.9. The summed E-state index contributed by atoms with van der Waals surface area (Å²) >= 11 is 7.00. The van der Waals surface area contributed by atoms with E-state index < -0.39 is 0 Å². The van der Waals surface area contributed by atoms with Crippen LogP contribution in [0.5, 0.6) is 0 Å². The van der Waals surface area contributed by atoms with Crippen molar-refractivity contribution in [3.63, 3.8) is 0 Å². The predicted molar refractivity (Wildman–Crippen MR) is 81.8 cm³/mol. The second kappa shape index (κ2) is 5.89. The Morgan fingerprint density at radius 1 is 1.33 bits per heavy atom. The molecule has 0 bridgehead atoms. The summed E-state index contributed by atoms with van der Waals surface area (Å²) < 4.78 is 4.08. The number of rotatable bonds is 4. The lowest BCUT2D eigenvalue weighted by Gasteiger charge is -2.08. The normalized spacial score (nSPS) is 10.9. The molecular weight excluding hydrogens is 358 g/mol. The zero-order chi connectivity index (χ0) is 13.1. The fourth-order valence-electron chi connectivity index (χ4n) is 1.58. The van der Waals surface area contributed by atoms with Gasteiger partial charge in [-0.25, -0.2) is 0 Å². The van der Waals surface area contributed by atoms with Crippen LogP contribution < -0.4 is 5.32 Å². The van der Waals surface area contributed by atoms with Crippen molar-refractivity contribution < 1.29 is 0 Å². The maximum Gasteiger partial charge on any atom is 0.0539 e. The van der Waals surface area contributed by atoms with Crippen molar-refractivity contribution in [3.05, 3.63) is 45.1 Å². The van der Waals surface area contributed by atoms with Gasteiger partial charge in [-0.1, -0.05) is 15.9 Å². The van der Waals surface area contributed by atoms with E-state index in [0.717, 1.165) is 21.2 Å². The lowest BCUT2D eigenvalue weighted by atomic mass is 10.3. The van der Waals surface area contributed by atoms with Gasteiger partial charge in [-0.3, -0.25) is 4.68 Å². The summed E-state index contributed by atoms with van der Waals surface area (Å²) in [5.41, 5.74) is 2.25. The van der Waals surface area contributed by atoms with E-state index in [4.69, 9.17) is 0 Å². The third-order valence-electron chi connectivity index (χ3n) is 2.60. The lowest BCUT2D eigenvalue weighted by molar-refractivity contribution is 0.532. The molecule has 18 heavy (non-hydrogen) atoms. The number of hydrogen-bond donors (Lipinski definition) is 1. The average molecular weight is 373 g/mol. The molecule has 0 aliphatic heterocycles. The molecule has 1 aromatic carbocycles. The standard InChI is InChI=1S/C13H15Br2N3/c1-9(2)18-8-10(7-17-18)6-16-13-5-11(14)3-4-12(13)15/h3-5,7-9,16H,6H2,1-2H3. The van der Waals surface area contributed by atoms with E-state index in [1.807, 2.05) is 23.0 Å². The fraction of sp³-hybridized carbons (Fsp3) is 0.308. The molecule has 5 heteroatoms. The maximum atomic E-state index is 4.32. The highest BCUT2D eigenvalue weighted by molar-refractivity contribution is 9.11. The van der Waals surface area contributed by atoms with Crippen LogP contribution in [0.2, 0.25) is 0 Å². The number of aromatic nitrogens is 2. The van der Waals surface area contributed by atoms with Crippen molar-refractivity contribution in [3.8, 4) is 0 Å². The Balaban J connectivity index is 2.04. The minimum absolute atomic E-state index is 0.399. The van der Waals surface area contributed by atoms with Crippen molar-refractivity contribution in [2.75, 3.05) is 5.32 Å². The molecule has 1 N–H and O–H groups in total. The van der Waals surface area contributed by atoms with Crippen LogP contribution >= 0.6 is 31.9 Å². The van der Waals surface area contributed by atoms with Gasteiger partial charge in [0, 0.05) is 39.0 Å². The number of nitrogens with one attached hydrogen (secondary N) is 1. The molecule has 1 aromatic heterocycles. The highest BCUT2D eigenvalue weighted by Gasteiger charge is 2.03. The summed E-state index contributed by atoms with van der Waals surface area (Å²) in [4.78, 5) is 0. The fourth-order valence-corrected chi connectivity index (χ4v) is 2.33. The molecule has 1 heterocycles. The molecule has 0 aliphatic carbocycles. The Bertz CT molecular complexity index is 535. The first kappa shape index (κ1) is 13.6. The summed E-state index contributed by atoms with van der Waals surface area (Å²) in [6.07, 6.45) is 3.97. The molecule has 0 aliphatic rings. The smallest absolute Gasteiger partial charge is 0.0539 e. The number of anilines is 1. The van der Waals surface area contributed by atoms with Crippen LogP contribution in [0, 0.1) is 0 Å². The maximum absolute atomic E-state index is 4.32. The predicted octanol–water partition coefficient (Wildman–Crippen LogP) is 4.60. The van der Waals surface area contributed by atoms with E-state index in [1.165, 1.54) is 5.56 Å². The van der Waals surface area contributed by atoms with Crippen molar-refractivity contribution in [1.29, 1.82) is 0 Å². The van der Waals surface area contributed by atoms with Crippen LogP contribution in [-0.4, -0.2) is 9.78 Å². The first-order valence-corrected chi connectivity index (χ1v) is 7.37. The van der Waals surface area contributed by atoms with Crippen molar-refractivity contribution in [2.24, 2.45) is 0 Å². The van der Waals surface area contributed by atoms with Crippen LogP contribution in [0.15, 0.2) is 39.5 Å². The van der Waals surface area contributed by atoms with Gasteiger partial charge in [0.15, 0.2) is 0 Å². The quantitative estimate of drug-likeness (QED) is 0.849. The number of hydrogen-bond acceptors (Lipinski definition) is 2. The number of nitrogens with zero attached hydrogens (tertiary/aromatic N) is 2.